The normalized spacial score (nSPS) is 10.4. The quantitative estimate of drug-likeness (QED) is 0.867. The summed E-state index contributed by atoms with van der Waals surface area (Å²) in [5.74, 6) is -0.0721. The molecule has 2 aromatic rings. The number of rotatable bonds is 3. The molecule has 0 fully saturated rings. The van der Waals surface area contributed by atoms with Gasteiger partial charge in [0.05, 0.1) is 16.5 Å². The molecule has 0 spiro atoms. The number of carbonyl (C=O) groups is 1. The first-order valence-corrected chi connectivity index (χ1v) is 7.02. The minimum atomic E-state index is -0.0721. The Balaban J connectivity index is 2.09. The van der Waals surface area contributed by atoms with Crippen LogP contribution in [0.1, 0.15) is 16.7 Å². The number of nitrogens with one attached hydrogen (secondary N) is 1. The van der Waals surface area contributed by atoms with Crippen molar-refractivity contribution in [2.24, 2.45) is 0 Å². The summed E-state index contributed by atoms with van der Waals surface area (Å²) in [7, 11) is 0. The maximum atomic E-state index is 12.1. The van der Waals surface area contributed by atoms with Gasteiger partial charge in [0.25, 0.3) is 0 Å². The molecular formula is C16H15Cl2NO. The van der Waals surface area contributed by atoms with Crippen LogP contribution in [0, 0.1) is 13.8 Å². The van der Waals surface area contributed by atoms with Crippen LogP contribution in [-0.2, 0) is 11.2 Å². The minimum Gasteiger partial charge on any atom is -0.326 e. The third-order valence-corrected chi connectivity index (χ3v) is 3.75. The van der Waals surface area contributed by atoms with Crippen molar-refractivity contribution >= 4 is 34.8 Å². The van der Waals surface area contributed by atoms with E-state index in [9.17, 15) is 4.79 Å². The van der Waals surface area contributed by atoms with Crippen molar-refractivity contribution in [3.05, 3.63) is 63.1 Å². The largest absolute Gasteiger partial charge is 0.326 e. The van der Waals surface area contributed by atoms with E-state index < -0.39 is 0 Å². The highest BCUT2D eigenvalue weighted by molar-refractivity contribution is 6.42. The van der Waals surface area contributed by atoms with E-state index in [1.54, 1.807) is 18.2 Å². The van der Waals surface area contributed by atoms with Gasteiger partial charge in [-0.2, -0.15) is 0 Å². The number of amides is 1. The summed E-state index contributed by atoms with van der Waals surface area (Å²) in [6.07, 6.45) is 0.268. The number of hydrogen-bond acceptors (Lipinski definition) is 1. The molecule has 2 rings (SSSR count). The zero-order chi connectivity index (χ0) is 14.7. The third-order valence-electron chi connectivity index (χ3n) is 3.02. The molecule has 1 N–H and O–H groups in total. The SMILES string of the molecule is Cc1ccc(C)c(NC(=O)Cc2ccc(Cl)c(Cl)c2)c1. The smallest absolute Gasteiger partial charge is 0.228 e. The van der Waals surface area contributed by atoms with E-state index in [0.717, 1.165) is 22.4 Å². The van der Waals surface area contributed by atoms with Crippen LogP contribution in [0.2, 0.25) is 10.0 Å². The van der Waals surface area contributed by atoms with Crippen LogP contribution < -0.4 is 5.32 Å². The number of hydrogen-bond donors (Lipinski definition) is 1. The molecule has 0 radical (unpaired) electrons. The second-order valence-corrected chi connectivity index (χ2v) is 5.61. The van der Waals surface area contributed by atoms with E-state index in [0.29, 0.717) is 10.0 Å². The van der Waals surface area contributed by atoms with Crippen LogP contribution in [0.5, 0.6) is 0 Å². The molecule has 0 saturated carbocycles. The van der Waals surface area contributed by atoms with Crippen LogP contribution in [0.25, 0.3) is 0 Å². The maximum Gasteiger partial charge on any atom is 0.228 e. The van der Waals surface area contributed by atoms with E-state index in [2.05, 4.69) is 5.32 Å². The molecular weight excluding hydrogens is 293 g/mol. The lowest BCUT2D eigenvalue weighted by Crippen LogP contribution is -2.15. The Labute approximate surface area is 128 Å². The van der Waals surface area contributed by atoms with Gasteiger partial charge in [0.15, 0.2) is 0 Å². The molecule has 0 aliphatic carbocycles. The maximum absolute atomic E-state index is 12.1. The van der Waals surface area contributed by atoms with Crippen molar-refractivity contribution in [1.82, 2.24) is 0 Å². The Morgan fingerprint density at radius 2 is 1.80 bits per heavy atom. The molecule has 2 aromatic carbocycles. The van der Waals surface area contributed by atoms with Crippen molar-refractivity contribution in [1.29, 1.82) is 0 Å². The summed E-state index contributed by atoms with van der Waals surface area (Å²) in [5, 5.41) is 3.87. The highest BCUT2D eigenvalue weighted by atomic mass is 35.5. The van der Waals surface area contributed by atoms with Gasteiger partial charge in [-0.1, -0.05) is 41.4 Å². The van der Waals surface area contributed by atoms with Crippen molar-refractivity contribution in [2.45, 2.75) is 20.3 Å². The van der Waals surface area contributed by atoms with E-state index in [1.807, 2.05) is 32.0 Å². The van der Waals surface area contributed by atoms with Crippen LogP contribution >= 0.6 is 23.2 Å². The van der Waals surface area contributed by atoms with E-state index in [1.165, 1.54) is 0 Å². The number of halogens is 2. The number of anilines is 1. The van der Waals surface area contributed by atoms with Gasteiger partial charge in [-0.25, -0.2) is 0 Å². The summed E-state index contributed by atoms with van der Waals surface area (Å²) < 4.78 is 0. The van der Waals surface area contributed by atoms with Crippen LogP contribution in [0.3, 0.4) is 0 Å². The zero-order valence-corrected chi connectivity index (χ0v) is 12.8. The summed E-state index contributed by atoms with van der Waals surface area (Å²) in [6.45, 7) is 3.96. The highest BCUT2D eigenvalue weighted by Crippen LogP contribution is 2.23. The summed E-state index contributed by atoms with van der Waals surface area (Å²) in [5.41, 5.74) is 3.83. The van der Waals surface area contributed by atoms with E-state index in [4.69, 9.17) is 23.2 Å². The Kier molecular flexibility index (Phi) is 4.69. The van der Waals surface area contributed by atoms with Gasteiger partial charge in [-0.15, -0.1) is 0 Å². The van der Waals surface area contributed by atoms with Gasteiger partial charge >= 0.3 is 0 Å². The fourth-order valence-corrected chi connectivity index (χ4v) is 2.22. The standard InChI is InChI=1S/C16H15Cl2NO/c1-10-3-4-11(2)15(7-10)19-16(20)9-12-5-6-13(17)14(18)8-12/h3-8H,9H2,1-2H3,(H,19,20). The molecule has 0 aromatic heterocycles. The minimum absolute atomic E-state index is 0.0721. The van der Waals surface area contributed by atoms with Crippen molar-refractivity contribution < 1.29 is 4.79 Å². The molecule has 0 aliphatic rings. The first-order chi connectivity index (χ1) is 9.45. The topological polar surface area (TPSA) is 29.1 Å². The lowest BCUT2D eigenvalue weighted by molar-refractivity contribution is -0.115. The van der Waals surface area contributed by atoms with Gasteiger partial charge in [-0.3, -0.25) is 4.79 Å². The molecule has 20 heavy (non-hydrogen) atoms. The Bertz CT molecular complexity index is 653. The average Bonchev–Trinajstić information content (AvgIpc) is 2.38. The van der Waals surface area contributed by atoms with Gasteiger partial charge in [0, 0.05) is 5.69 Å². The van der Waals surface area contributed by atoms with Crippen LogP contribution in [0.15, 0.2) is 36.4 Å². The van der Waals surface area contributed by atoms with E-state index >= 15 is 0 Å². The van der Waals surface area contributed by atoms with Crippen LogP contribution in [0.4, 0.5) is 5.69 Å². The number of aryl methyl sites for hydroxylation is 2. The number of benzene rings is 2. The van der Waals surface area contributed by atoms with Crippen molar-refractivity contribution in [2.75, 3.05) is 5.32 Å². The third kappa shape index (κ3) is 3.75. The van der Waals surface area contributed by atoms with Crippen molar-refractivity contribution in [3.63, 3.8) is 0 Å². The molecule has 0 unspecified atom stereocenters. The molecule has 0 aliphatic heterocycles. The first-order valence-electron chi connectivity index (χ1n) is 6.27. The average molecular weight is 308 g/mol. The molecule has 0 heterocycles. The van der Waals surface area contributed by atoms with Crippen LogP contribution in [-0.4, -0.2) is 5.91 Å². The lowest BCUT2D eigenvalue weighted by Gasteiger charge is -2.09. The second kappa shape index (κ2) is 6.29. The Hall–Kier alpha value is -1.51. The predicted molar refractivity (Wildman–Crippen MR) is 84.7 cm³/mol. The summed E-state index contributed by atoms with van der Waals surface area (Å²) in [6, 6.07) is 11.2. The molecule has 4 heteroatoms. The molecule has 1 amide bonds. The van der Waals surface area contributed by atoms with E-state index in [-0.39, 0.29) is 12.3 Å². The van der Waals surface area contributed by atoms with Crippen molar-refractivity contribution in [3.8, 4) is 0 Å². The first kappa shape index (κ1) is 14.9. The monoisotopic (exact) mass is 307 g/mol. The Morgan fingerprint density at radius 1 is 1.05 bits per heavy atom. The number of carbonyl (C=O) groups excluding carboxylic acids is 1. The molecule has 0 bridgehead atoms. The molecule has 104 valence electrons. The fraction of sp³-hybridized carbons (Fsp3) is 0.188. The van der Waals surface area contributed by atoms with Gasteiger partial charge in [0.1, 0.15) is 0 Å². The van der Waals surface area contributed by atoms with Gasteiger partial charge in [-0.05, 0) is 48.7 Å². The second-order valence-electron chi connectivity index (χ2n) is 4.79. The van der Waals surface area contributed by atoms with Gasteiger partial charge in [0.2, 0.25) is 5.91 Å². The Morgan fingerprint density at radius 3 is 2.50 bits per heavy atom. The molecule has 0 saturated heterocycles. The predicted octanol–water partition coefficient (Wildman–Crippen LogP) is 4.79. The summed E-state index contributed by atoms with van der Waals surface area (Å²) in [4.78, 5) is 12.1. The lowest BCUT2D eigenvalue weighted by atomic mass is 10.1. The summed E-state index contributed by atoms with van der Waals surface area (Å²) >= 11 is 11.8. The zero-order valence-electron chi connectivity index (χ0n) is 11.3. The molecule has 0 atom stereocenters. The fourth-order valence-electron chi connectivity index (χ4n) is 1.90. The van der Waals surface area contributed by atoms with Gasteiger partial charge < -0.3 is 5.32 Å². The molecule has 2 nitrogen and oxygen atoms in total. The highest BCUT2D eigenvalue weighted by Gasteiger charge is 2.08.